The van der Waals surface area contributed by atoms with Crippen molar-refractivity contribution in [3.63, 3.8) is 0 Å². The molecule has 0 amide bonds. The molecule has 0 aromatic carbocycles. The maximum atomic E-state index is 11.1. The summed E-state index contributed by atoms with van der Waals surface area (Å²) in [6.07, 6.45) is 0.564. The zero-order chi connectivity index (χ0) is 11.0. The second-order valence-electron chi connectivity index (χ2n) is 3.52. The number of ether oxygens (including phenoxy) is 1. The van der Waals surface area contributed by atoms with E-state index in [1.54, 1.807) is 6.92 Å². The summed E-state index contributed by atoms with van der Waals surface area (Å²) < 4.78 is 5.23. The Morgan fingerprint density at radius 1 is 1.60 bits per heavy atom. The number of nitrogens with two attached hydrogens (primary N) is 1. The van der Waals surface area contributed by atoms with E-state index in [0.717, 1.165) is 5.56 Å². The highest BCUT2D eigenvalue weighted by Crippen LogP contribution is 2.26. The number of nitrogen functional groups attached to an aromatic ring is 1. The van der Waals surface area contributed by atoms with Crippen molar-refractivity contribution in [3.8, 4) is 0 Å². The van der Waals surface area contributed by atoms with Crippen LogP contribution in [0.15, 0.2) is 0 Å². The van der Waals surface area contributed by atoms with E-state index in [-0.39, 0.29) is 11.3 Å². The number of hydrogen-bond donors (Lipinski definition) is 2. The zero-order valence-electron chi connectivity index (χ0n) is 8.41. The van der Waals surface area contributed by atoms with Gasteiger partial charge in [-0.05, 0) is 18.9 Å². The Morgan fingerprint density at radius 3 is 3.00 bits per heavy atom. The Bertz CT molecular complexity index is 429. The molecule has 2 heterocycles. The summed E-state index contributed by atoms with van der Waals surface area (Å²) in [5, 5.41) is 9.10. The number of carboxylic acids is 1. The first-order chi connectivity index (χ1) is 7.11. The number of anilines is 1. The fourth-order valence-corrected chi connectivity index (χ4v) is 1.79. The molecule has 0 fully saturated rings. The van der Waals surface area contributed by atoms with Gasteiger partial charge in [0.05, 0.1) is 35.9 Å². The summed E-state index contributed by atoms with van der Waals surface area (Å²) in [7, 11) is 0. The van der Waals surface area contributed by atoms with Gasteiger partial charge in [-0.2, -0.15) is 0 Å². The Labute approximate surface area is 86.9 Å². The fourth-order valence-electron chi connectivity index (χ4n) is 1.79. The van der Waals surface area contributed by atoms with Gasteiger partial charge >= 0.3 is 5.97 Å². The third kappa shape index (κ3) is 1.55. The Morgan fingerprint density at radius 2 is 2.33 bits per heavy atom. The number of hydrogen-bond acceptors (Lipinski definition) is 4. The molecule has 5 nitrogen and oxygen atoms in total. The molecule has 3 N–H and O–H groups in total. The summed E-state index contributed by atoms with van der Waals surface area (Å²) in [6, 6.07) is 0. The van der Waals surface area contributed by atoms with Gasteiger partial charge in [0.15, 0.2) is 0 Å². The number of aromatic nitrogens is 1. The van der Waals surface area contributed by atoms with Crippen LogP contribution in [0.2, 0.25) is 0 Å². The lowest BCUT2D eigenvalue weighted by molar-refractivity contribution is 0.0690. The van der Waals surface area contributed by atoms with E-state index in [4.69, 9.17) is 15.6 Å². The van der Waals surface area contributed by atoms with Crippen LogP contribution >= 0.6 is 0 Å². The van der Waals surface area contributed by atoms with E-state index in [2.05, 4.69) is 4.98 Å². The smallest absolute Gasteiger partial charge is 0.338 e. The number of fused-ring (bicyclic) bond motifs is 1. The molecule has 15 heavy (non-hydrogen) atoms. The maximum Gasteiger partial charge on any atom is 0.338 e. The van der Waals surface area contributed by atoms with Crippen LogP contribution in [-0.2, 0) is 17.8 Å². The molecule has 1 aromatic rings. The fraction of sp³-hybridized carbons (Fsp3) is 0.400. The first-order valence-electron chi connectivity index (χ1n) is 4.70. The number of nitrogens with zero attached hydrogens (tertiary/aromatic N) is 1. The van der Waals surface area contributed by atoms with Crippen LogP contribution in [-0.4, -0.2) is 22.7 Å². The van der Waals surface area contributed by atoms with E-state index in [0.29, 0.717) is 31.0 Å². The molecule has 0 saturated carbocycles. The Hall–Kier alpha value is -1.62. The summed E-state index contributed by atoms with van der Waals surface area (Å²) in [6.45, 7) is 2.60. The van der Waals surface area contributed by atoms with Crippen LogP contribution in [0.25, 0.3) is 0 Å². The monoisotopic (exact) mass is 208 g/mol. The average molecular weight is 208 g/mol. The van der Waals surface area contributed by atoms with Crippen molar-refractivity contribution in [2.24, 2.45) is 0 Å². The number of rotatable bonds is 1. The molecule has 0 bridgehead atoms. The second kappa shape index (κ2) is 3.51. The van der Waals surface area contributed by atoms with Crippen LogP contribution < -0.4 is 5.73 Å². The zero-order valence-corrected chi connectivity index (χ0v) is 8.41. The maximum absolute atomic E-state index is 11.1. The normalized spacial score (nSPS) is 14.7. The molecule has 0 unspecified atom stereocenters. The van der Waals surface area contributed by atoms with Gasteiger partial charge in [-0.15, -0.1) is 0 Å². The molecule has 2 rings (SSSR count). The van der Waals surface area contributed by atoms with Gasteiger partial charge < -0.3 is 15.6 Å². The van der Waals surface area contributed by atoms with Crippen LogP contribution in [0.4, 0.5) is 5.69 Å². The summed E-state index contributed by atoms with van der Waals surface area (Å²) in [5.41, 5.74) is 8.16. The van der Waals surface area contributed by atoms with Crippen molar-refractivity contribution in [2.75, 3.05) is 12.3 Å². The van der Waals surface area contributed by atoms with Crippen molar-refractivity contribution in [3.05, 3.63) is 22.5 Å². The SMILES string of the molecule is Cc1nc2c(c(C(=O)O)c1N)CCOC2. The van der Waals surface area contributed by atoms with Crippen molar-refractivity contribution < 1.29 is 14.6 Å². The van der Waals surface area contributed by atoms with E-state index in [1.165, 1.54) is 0 Å². The van der Waals surface area contributed by atoms with Crippen LogP contribution in [0.1, 0.15) is 27.3 Å². The van der Waals surface area contributed by atoms with Crippen molar-refractivity contribution in [1.29, 1.82) is 0 Å². The second-order valence-corrected chi connectivity index (χ2v) is 3.52. The largest absolute Gasteiger partial charge is 0.478 e. The molecule has 0 saturated heterocycles. The van der Waals surface area contributed by atoms with E-state index in [9.17, 15) is 4.79 Å². The van der Waals surface area contributed by atoms with E-state index in [1.807, 2.05) is 0 Å². The van der Waals surface area contributed by atoms with E-state index < -0.39 is 5.97 Å². The highest BCUT2D eigenvalue weighted by atomic mass is 16.5. The molecule has 5 heteroatoms. The predicted molar refractivity (Wildman–Crippen MR) is 53.7 cm³/mol. The van der Waals surface area contributed by atoms with Gasteiger partial charge in [-0.3, -0.25) is 4.98 Å². The average Bonchev–Trinajstić information content (AvgIpc) is 2.19. The summed E-state index contributed by atoms with van der Waals surface area (Å²) >= 11 is 0. The Balaban J connectivity index is 2.68. The summed E-state index contributed by atoms with van der Waals surface area (Å²) in [5.74, 6) is -0.990. The lowest BCUT2D eigenvalue weighted by atomic mass is 9.99. The van der Waals surface area contributed by atoms with Crippen molar-refractivity contribution >= 4 is 11.7 Å². The van der Waals surface area contributed by atoms with Gasteiger partial charge in [0.25, 0.3) is 0 Å². The standard InChI is InChI=1S/C10H12N2O3/c1-5-9(11)8(10(13)14)6-2-3-15-4-7(6)12-5/h2-4,11H2,1H3,(H,13,14). The number of aryl methyl sites for hydroxylation is 1. The highest BCUT2D eigenvalue weighted by molar-refractivity contribution is 5.96. The molecule has 1 aliphatic rings. The highest BCUT2D eigenvalue weighted by Gasteiger charge is 2.23. The minimum absolute atomic E-state index is 0.195. The summed E-state index contributed by atoms with van der Waals surface area (Å²) in [4.78, 5) is 15.3. The predicted octanol–water partition coefficient (Wildman–Crippen LogP) is 0.743. The van der Waals surface area contributed by atoms with Gasteiger partial charge in [0.1, 0.15) is 0 Å². The van der Waals surface area contributed by atoms with E-state index >= 15 is 0 Å². The van der Waals surface area contributed by atoms with Gasteiger partial charge in [0, 0.05) is 0 Å². The molecule has 0 spiro atoms. The number of pyridine rings is 1. The molecule has 1 aromatic heterocycles. The number of aromatic carboxylic acids is 1. The topological polar surface area (TPSA) is 85.4 Å². The first kappa shape index (κ1) is 9.92. The third-order valence-corrected chi connectivity index (χ3v) is 2.56. The molecule has 1 aliphatic heterocycles. The molecule has 0 radical (unpaired) electrons. The minimum atomic E-state index is -0.990. The Kier molecular flexibility index (Phi) is 2.32. The molecule has 0 atom stereocenters. The van der Waals surface area contributed by atoms with Gasteiger partial charge in [0.2, 0.25) is 0 Å². The number of carbonyl (C=O) groups is 1. The molecule has 80 valence electrons. The van der Waals surface area contributed by atoms with Crippen LogP contribution in [0, 0.1) is 6.92 Å². The minimum Gasteiger partial charge on any atom is -0.478 e. The van der Waals surface area contributed by atoms with Gasteiger partial charge in [-0.1, -0.05) is 0 Å². The lowest BCUT2D eigenvalue weighted by Crippen LogP contribution is -2.19. The van der Waals surface area contributed by atoms with Crippen molar-refractivity contribution in [1.82, 2.24) is 4.98 Å². The van der Waals surface area contributed by atoms with Crippen molar-refractivity contribution in [2.45, 2.75) is 20.0 Å². The third-order valence-electron chi connectivity index (χ3n) is 2.56. The molecular weight excluding hydrogens is 196 g/mol. The quantitative estimate of drug-likeness (QED) is 0.711. The van der Waals surface area contributed by atoms with Crippen LogP contribution in [0.5, 0.6) is 0 Å². The molecular formula is C10H12N2O3. The lowest BCUT2D eigenvalue weighted by Gasteiger charge is -2.19. The number of carboxylic acid groups (broad SMARTS) is 1. The molecule has 0 aliphatic carbocycles. The van der Waals surface area contributed by atoms with Gasteiger partial charge in [-0.25, -0.2) is 4.79 Å². The first-order valence-corrected chi connectivity index (χ1v) is 4.70. The van der Waals surface area contributed by atoms with Crippen LogP contribution in [0.3, 0.4) is 0 Å².